The molecule has 1 saturated heterocycles. The number of hydrogen-bond acceptors (Lipinski definition) is 10. The van der Waals surface area contributed by atoms with Crippen LogP contribution in [0.15, 0.2) is 77.5 Å². The minimum Gasteiger partial charge on any atom is -0.454 e. The average molecular weight is 612 g/mol. The van der Waals surface area contributed by atoms with Crippen molar-refractivity contribution in [1.29, 1.82) is 0 Å². The molecule has 7 rings (SSSR count). The Hall–Kier alpha value is -4.26. The van der Waals surface area contributed by atoms with Crippen molar-refractivity contribution in [3.63, 3.8) is 0 Å². The molecule has 5 heterocycles. The quantitative estimate of drug-likeness (QED) is 0.223. The third-order valence-electron chi connectivity index (χ3n) is 7.51. The van der Waals surface area contributed by atoms with Gasteiger partial charge in [-0.2, -0.15) is 0 Å². The highest BCUT2D eigenvalue weighted by molar-refractivity contribution is 7.98. The summed E-state index contributed by atoms with van der Waals surface area (Å²) >= 11 is 3.06. The van der Waals surface area contributed by atoms with Gasteiger partial charge in [0.2, 0.25) is 6.79 Å². The van der Waals surface area contributed by atoms with Crippen LogP contribution >= 0.6 is 23.1 Å². The summed E-state index contributed by atoms with van der Waals surface area (Å²) in [5.41, 5.74) is 4.70. The minimum absolute atomic E-state index is 0.0165. The van der Waals surface area contributed by atoms with Crippen LogP contribution in [0.2, 0.25) is 0 Å². The van der Waals surface area contributed by atoms with Crippen molar-refractivity contribution in [2.75, 3.05) is 33.0 Å². The maximum atomic E-state index is 13.3. The summed E-state index contributed by atoms with van der Waals surface area (Å²) in [6, 6.07) is 18.1. The standard InChI is InChI=1S/C31H29N7O3S2/c1-21-5-2-3-7-25(21)38-29(23-6-4-10-32-16-23)34-35-31(38)43-19-28-33-24(18-42-28)30(39)37-13-11-36(12-14-37)17-22-8-9-26-27(15-22)41-20-40-26/h2-10,15-16,18H,11-14,17,19-20H2,1H3. The Balaban J connectivity index is 0.993. The lowest BCUT2D eigenvalue weighted by Gasteiger charge is -2.34. The Morgan fingerprint density at radius 2 is 1.86 bits per heavy atom. The van der Waals surface area contributed by atoms with E-state index in [0.29, 0.717) is 24.5 Å². The molecule has 10 nitrogen and oxygen atoms in total. The molecule has 2 aliphatic heterocycles. The molecule has 1 amide bonds. The molecule has 0 atom stereocenters. The number of ether oxygens (including phenoxy) is 2. The largest absolute Gasteiger partial charge is 0.454 e. The second-order valence-electron chi connectivity index (χ2n) is 10.3. The molecule has 0 spiro atoms. The van der Waals surface area contributed by atoms with E-state index < -0.39 is 0 Å². The Kier molecular flexibility index (Phi) is 7.79. The van der Waals surface area contributed by atoms with Gasteiger partial charge in [-0.3, -0.25) is 19.2 Å². The van der Waals surface area contributed by atoms with Crippen molar-refractivity contribution in [1.82, 2.24) is 34.5 Å². The third-order valence-corrected chi connectivity index (χ3v) is 9.48. The molecule has 0 aliphatic carbocycles. The number of piperazine rings is 1. The van der Waals surface area contributed by atoms with Crippen molar-refractivity contribution in [2.24, 2.45) is 0 Å². The first kappa shape index (κ1) is 27.6. The van der Waals surface area contributed by atoms with E-state index in [4.69, 9.17) is 14.5 Å². The Labute approximate surface area is 257 Å². The molecule has 0 bridgehead atoms. The maximum absolute atomic E-state index is 13.3. The van der Waals surface area contributed by atoms with Gasteiger partial charge in [0.15, 0.2) is 22.5 Å². The van der Waals surface area contributed by atoms with Crippen LogP contribution in [0.1, 0.15) is 26.6 Å². The second-order valence-corrected chi connectivity index (χ2v) is 12.2. The molecule has 0 radical (unpaired) electrons. The molecule has 1 fully saturated rings. The number of aromatic nitrogens is 5. The van der Waals surface area contributed by atoms with Crippen LogP contribution in [-0.2, 0) is 12.3 Å². The number of carbonyl (C=O) groups is 1. The smallest absolute Gasteiger partial charge is 0.273 e. The predicted octanol–water partition coefficient (Wildman–Crippen LogP) is 5.07. The van der Waals surface area contributed by atoms with Gasteiger partial charge in [0.1, 0.15) is 10.7 Å². The molecular weight excluding hydrogens is 583 g/mol. The Morgan fingerprint density at radius 3 is 2.70 bits per heavy atom. The highest BCUT2D eigenvalue weighted by atomic mass is 32.2. The van der Waals surface area contributed by atoms with Crippen LogP contribution in [-0.4, -0.2) is 73.4 Å². The van der Waals surface area contributed by atoms with Gasteiger partial charge in [-0.15, -0.1) is 21.5 Å². The molecule has 2 aromatic carbocycles. The first-order valence-corrected chi connectivity index (χ1v) is 15.9. The van der Waals surface area contributed by atoms with Crippen LogP contribution in [0.4, 0.5) is 0 Å². The fraction of sp³-hybridized carbons (Fsp3) is 0.258. The SMILES string of the molecule is Cc1ccccc1-n1c(SCc2nc(C(=O)N3CCN(Cc4ccc5c(c4)OCO5)CC3)cs2)nnc1-c1cccnc1. The van der Waals surface area contributed by atoms with E-state index in [9.17, 15) is 4.79 Å². The zero-order valence-corrected chi connectivity index (χ0v) is 25.2. The molecule has 218 valence electrons. The average Bonchev–Trinajstić information content (AvgIpc) is 3.81. The van der Waals surface area contributed by atoms with Crippen molar-refractivity contribution in [3.8, 4) is 28.6 Å². The number of fused-ring (bicyclic) bond motifs is 1. The number of amides is 1. The molecule has 3 aromatic heterocycles. The fourth-order valence-electron chi connectivity index (χ4n) is 5.25. The number of pyridine rings is 1. The fourth-order valence-corrected chi connectivity index (χ4v) is 6.98. The minimum atomic E-state index is -0.0165. The van der Waals surface area contributed by atoms with Gasteiger partial charge in [0, 0.05) is 56.1 Å². The van der Waals surface area contributed by atoms with E-state index in [1.807, 2.05) is 46.7 Å². The van der Waals surface area contributed by atoms with Crippen LogP contribution in [0.3, 0.4) is 0 Å². The molecule has 12 heteroatoms. The van der Waals surface area contributed by atoms with Crippen LogP contribution in [0, 0.1) is 6.92 Å². The van der Waals surface area contributed by atoms with E-state index in [-0.39, 0.29) is 12.7 Å². The van der Waals surface area contributed by atoms with Crippen molar-refractivity contribution in [2.45, 2.75) is 24.4 Å². The highest BCUT2D eigenvalue weighted by Crippen LogP contribution is 2.33. The van der Waals surface area contributed by atoms with Crippen LogP contribution < -0.4 is 9.47 Å². The number of aryl methyl sites for hydroxylation is 1. The first-order valence-electron chi connectivity index (χ1n) is 14.0. The molecule has 43 heavy (non-hydrogen) atoms. The summed E-state index contributed by atoms with van der Waals surface area (Å²) in [6.45, 7) is 6.11. The van der Waals surface area contributed by atoms with Gasteiger partial charge >= 0.3 is 0 Å². The lowest BCUT2D eigenvalue weighted by Crippen LogP contribution is -2.48. The zero-order chi connectivity index (χ0) is 29.2. The number of benzene rings is 2. The van der Waals surface area contributed by atoms with Gasteiger partial charge in [-0.05, 0) is 48.4 Å². The number of nitrogens with zero attached hydrogens (tertiary/aromatic N) is 7. The van der Waals surface area contributed by atoms with E-state index in [1.54, 1.807) is 24.2 Å². The topological polar surface area (TPSA) is 98.5 Å². The molecule has 0 saturated carbocycles. The number of carbonyl (C=O) groups excluding carboxylic acids is 1. The van der Waals surface area contributed by atoms with Gasteiger partial charge in [0.25, 0.3) is 5.91 Å². The monoisotopic (exact) mass is 611 g/mol. The summed E-state index contributed by atoms with van der Waals surface area (Å²) in [5, 5.41) is 12.5. The Morgan fingerprint density at radius 1 is 1.00 bits per heavy atom. The third kappa shape index (κ3) is 5.85. The molecule has 0 unspecified atom stereocenters. The summed E-state index contributed by atoms with van der Waals surface area (Å²) in [7, 11) is 0. The maximum Gasteiger partial charge on any atom is 0.273 e. The highest BCUT2D eigenvalue weighted by Gasteiger charge is 2.25. The van der Waals surface area contributed by atoms with Gasteiger partial charge < -0.3 is 14.4 Å². The summed E-state index contributed by atoms with van der Waals surface area (Å²) in [6.07, 6.45) is 3.54. The second kappa shape index (κ2) is 12.2. The number of para-hydroxylation sites is 1. The van der Waals surface area contributed by atoms with Crippen molar-refractivity contribution >= 4 is 29.0 Å². The predicted molar refractivity (Wildman–Crippen MR) is 165 cm³/mol. The van der Waals surface area contributed by atoms with E-state index in [2.05, 4.69) is 49.8 Å². The summed E-state index contributed by atoms with van der Waals surface area (Å²) in [4.78, 5) is 26.5. The van der Waals surface area contributed by atoms with E-state index in [1.165, 1.54) is 16.9 Å². The molecular formula is C31H29N7O3S2. The van der Waals surface area contributed by atoms with Crippen molar-refractivity contribution < 1.29 is 14.3 Å². The summed E-state index contributed by atoms with van der Waals surface area (Å²) < 4.78 is 13.0. The van der Waals surface area contributed by atoms with Crippen LogP contribution in [0.5, 0.6) is 11.5 Å². The van der Waals surface area contributed by atoms with Gasteiger partial charge in [0.05, 0.1) is 11.4 Å². The number of hydrogen-bond donors (Lipinski definition) is 0. The zero-order valence-electron chi connectivity index (χ0n) is 23.5. The van der Waals surface area contributed by atoms with Gasteiger partial charge in [-0.25, -0.2) is 4.98 Å². The molecule has 0 N–H and O–H groups in total. The van der Waals surface area contributed by atoms with E-state index in [0.717, 1.165) is 63.9 Å². The summed E-state index contributed by atoms with van der Waals surface area (Å²) in [5.74, 6) is 2.89. The lowest BCUT2D eigenvalue weighted by molar-refractivity contribution is 0.0623. The van der Waals surface area contributed by atoms with Crippen molar-refractivity contribution in [3.05, 3.63) is 94.2 Å². The molecule has 5 aromatic rings. The van der Waals surface area contributed by atoms with Gasteiger partial charge in [-0.1, -0.05) is 36.0 Å². The molecule has 2 aliphatic rings. The number of rotatable bonds is 8. The van der Waals surface area contributed by atoms with E-state index >= 15 is 0 Å². The number of thioether (sulfide) groups is 1. The Bertz CT molecular complexity index is 1750. The van der Waals surface area contributed by atoms with Crippen LogP contribution in [0.25, 0.3) is 17.1 Å². The number of thiazole rings is 1. The first-order chi connectivity index (χ1) is 21.1. The lowest BCUT2D eigenvalue weighted by atomic mass is 10.1. The normalized spacial score (nSPS) is 14.8.